The van der Waals surface area contributed by atoms with Crippen molar-refractivity contribution in [3.05, 3.63) is 26.6 Å². The minimum Gasteiger partial charge on any atom is -0.506 e. The van der Waals surface area contributed by atoms with E-state index in [0.29, 0.717) is 15.1 Å². The Morgan fingerprint density at radius 1 is 1.53 bits per heavy atom. The lowest BCUT2D eigenvalue weighted by Gasteiger charge is -2.04. The first-order chi connectivity index (χ1) is 8.04. The molecule has 3 N–H and O–H groups in total. The van der Waals surface area contributed by atoms with Crippen LogP contribution in [0.5, 0.6) is 5.75 Å². The first kappa shape index (κ1) is 14.4. The van der Waals surface area contributed by atoms with E-state index in [1.54, 1.807) is 12.1 Å². The van der Waals surface area contributed by atoms with E-state index in [1.807, 2.05) is 6.92 Å². The van der Waals surface area contributed by atoms with Crippen molar-refractivity contribution in [2.45, 2.75) is 6.92 Å². The Kier molecular flexibility index (Phi) is 5.87. The Morgan fingerprint density at radius 3 is 2.88 bits per heavy atom. The molecule has 0 amide bonds. The van der Waals surface area contributed by atoms with Gasteiger partial charge in [-0.05, 0) is 47.2 Å². The molecule has 0 fully saturated rings. The summed E-state index contributed by atoms with van der Waals surface area (Å²) in [4.78, 5) is 0. The number of phenolic OH excluding ortho intramolecular Hbond substituents is 1. The highest BCUT2D eigenvalue weighted by molar-refractivity contribution is 9.11. The van der Waals surface area contributed by atoms with Crippen molar-refractivity contribution < 1.29 is 5.11 Å². The molecular formula is C10H11Br2N3OS. The van der Waals surface area contributed by atoms with Gasteiger partial charge in [0, 0.05) is 16.6 Å². The monoisotopic (exact) mass is 379 g/mol. The summed E-state index contributed by atoms with van der Waals surface area (Å²) in [6, 6.07) is 3.50. The van der Waals surface area contributed by atoms with E-state index < -0.39 is 0 Å². The van der Waals surface area contributed by atoms with Crippen LogP contribution in [-0.4, -0.2) is 23.0 Å². The number of aromatic hydroxyl groups is 1. The minimum atomic E-state index is 0.133. The van der Waals surface area contributed by atoms with Gasteiger partial charge in [-0.15, -0.1) is 0 Å². The fourth-order valence-corrected chi connectivity index (χ4v) is 2.50. The molecule has 0 atom stereocenters. The summed E-state index contributed by atoms with van der Waals surface area (Å²) in [5, 5.41) is 17.0. The van der Waals surface area contributed by atoms with Crippen molar-refractivity contribution in [3.63, 3.8) is 0 Å². The van der Waals surface area contributed by atoms with E-state index in [1.165, 1.54) is 6.21 Å². The Balaban J connectivity index is 2.74. The fraction of sp³-hybridized carbons (Fsp3) is 0.200. The lowest BCUT2D eigenvalue weighted by atomic mass is 10.2. The Hall–Kier alpha value is -0.660. The molecule has 0 bridgehead atoms. The summed E-state index contributed by atoms with van der Waals surface area (Å²) in [7, 11) is 0. The molecule has 0 unspecified atom stereocenters. The van der Waals surface area contributed by atoms with Crippen LogP contribution in [0.15, 0.2) is 26.2 Å². The van der Waals surface area contributed by atoms with E-state index in [9.17, 15) is 5.11 Å². The average Bonchev–Trinajstić information content (AvgIpc) is 2.25. The highest BCUT2D eigenvalue weighted by atomic mass is 79.9. The predicted molar refractivity (Wildman–Crippen MR) is 80.5 cm³/mol. The topological polar surface area (TPSA) is 56.7 Å². The second-order valence-electron chi connectivity index (χ2n) is 3.05. The molecule has 92 valence electrons. The predicted octanol–water partition coefficient (Wildman–Crippen LogP) is 2.74. The van der Waals surface area contributed by atoms with Gasteiger partial charge in [0.2, 0.25) is 0 Å². The molecule has 0 saturated carbocycles. The Labute approximate surface area is 122 Å². The quantitative estimate of drug-likeness (QED) is 0.428. The number of halogens is 2. The number of benzene rings is 1. The molecule has 7 heteroatoms. The highest BCUT2D eigenvalue weighted by Gasteiger charge is 2.05. The fourth-order valence-electron chi connectivity index (χ4n) is 1.04. The Bertz CT molecular complexity index is 451. The van der Waals surface area contributed by atoms with Crippen LogP contribution in [-0.2, 0) is 0 Å². The van der Waals surface area contributed by atoms with Gasteiger partial charge in [0.15, 0.2) is 5.11 Å². The Morgan fingerprint density at radius 2 is 2.24 bits per heavy atom. The standard InChI is InChI=1S/C10H11Br2N3OS/c1-2-13-10(17)15-14-5-6-3-7(11)4-8(12)9(6)16/h3-5,16H,2H2,1H3,(H2,13,15,17). The van der Waals surface area contributed by atoms with Crippen LogP contribution in [0.3, 0.4) is 0 Å². The number of phenols is 1. The molecule has 0 saturated heterocycles. The van der Waals surface area contributed by atoms with Crippen LogP contribution in [0.1, 0.15) is 12.5 Å². The number of nitrogens with zero attached hydrogens (tertiary/aromatic N) is 1. The van der Waals surface area contributed by atoms with Crippen molar-refractivity contribution >= 4 is 55.4 Å². The molecule has 0 radical (unpaired) electrons. The number of thiocarbonyl (C=S) groups is 1. The second kappa shape index (κ2) is 6.93. The van der Waals surface area contributed by atoms with Crippen LogP contribution >= 0.6 is 44.1 Å². The van der Waals surface area contributed by atoms with Gasteiger partial charge in [-0.3, -0.25) is 5.43 Å². The third-order valence-electron chi connectivity index (χ3n) is 1.76. The molecule has 0 spiro atoms. The normalized spacial score (nSPS) is 10.5. The minimum absolute atomic E-state index is 0.133. The molecule has 17 heavy (non-hydrogen) atoms. The van der Waals surface area contributed by atoms with Gasteiger partial charge in [-0.25, -0.2) is 0 Å². The van der Waals surface area contributed by atoms with E-state index in [2.05, 4.69) is 47.7 Å². The van der Waals surface area contributed by atoms with Crippen LogP contribution in [0.4, 0.5) is 0 Å². The molecule has 0 heterocycles. The smallest absolute Gasteiger partial charge is 0.186 e. The molecule has 0 aliphatic rings. The van der Waals surface area contributed by atoms with Crippen LogP contribution in [0.25, 0.3) is 0 Å². The molecule has 4 nitrogen and oxygen atoms in total. The summed E-state index contributed by atoms with van der Waals surface area (Å²) < 4.78 is 1.44. The van der Waals surface area contributed by atoms with E-state index >= 15 is 0 Å². The van der Waals surface area contributed by atoms with E-state index in [0.717, 1.165) is 11.0 Å². The van der Waals surface area contributed by atoms with Crippen LogP contribution in [0, 0.1) is 0 Å². The maximum absolute atomic E-state index is 9.76. The number of hydrogen-bond acceptors (Lipinski definition) is 3. The van der Waals surface area contributed by atoms with Gasteiger partial charge in [-0.2, -0.15) is 5.10 Å². The molecule has 0 aromatic heterocycles. The number of rotatable bonds is 3. The summed E-state index contributed by atoms with van der Waals surface area (Å²) in [5.41, 5.74) is 3.23. The molecule has 1 aromatic carbocycles. The maximum atomic E-state index is 9.76. The zero-order valence-corrected chi connectivity index (χ0v) is 13.0. The van der Waals surface area contributed by atoms with Gasteiger partial charge in [0.25, 0.3) is 0 Å². The van der Waals surface area contributed by atoms with Crippen LogP contribution < -0.4 is 10.7 Å². The van der Waals surface area contributed by atoms with Crippen molar-refractivity contribution in [2.75, 3.05) is 6.54 Å². The summed E-state index contributed by atoms with van der Waals surface area (Å²) in [5.74, 6) is 0.133. The number of hydrogen-bond donors (Lipinski definition) is 3. The summed E-state index contributed by atoms with van der Waals surface area (Å²) in [6.07, 6.45) is 1.49. The summed E-state index contributed by atoms with van der Waals surface area (Å²) in [6.45, 7) is 2.67. The molecule has 1 aromatic rings. The highest BCUT2D eigenvalue weighted by Crippen LogP contribution is 2.30. The zero-order valence-electron chi connectivity index (χ0n) is 9.00. The third kappa shape index (κ3) is 4.61. The molecule has 0 aliphatic heterocycles. The van der Waals surface area contributed by atoms with Gasteiger partial charge in [0.05, 0.1) is 10.7 Å². The van der Waals surface area contributed by atoms with Gasteiger partial charge in [0.1, 0.15) is 5.75 Å². The maximum Gasteiger partial charge on any atom is 0.186 e. The van der Waals surface area contributed by atoms with Crippen molar-refractivity contribution in [2.24, 2.45) is 5.10 Å². The first-order valence-electron chi connectivity index (χ1n) is 4.79. The first-order valence-corrected chi connectivity index (χ1v) is 6.79. The average molecular weight is 381 g/mol. The van der Waals surface area contributed by atoms with E-state index in [4.69, 9.17) is 12.2 Å². The molecular weight excluding hydrogens is 370 g/mol. The largest absolute Gasteiger partial charge is 0.506 e. The van der Waals surface area contributed by atoms with Crippen LogP contribution in [0.2, 0.25) is 0 Å². The van der Waals surface area contributed by atoms with Gasteiger partial charge in [-0.1, -0.05) is 15.9 Å². The third-order valence-corrected chi connectivity index (χ3v) is 3.06. The van der Waals surface area contributed by atoms with Gasteiger partial charge >= 0.3 is 0 Å². The van der Waals surface area contributed by atoms with E-state index in [-0.39, 0.29) is 5.75 Å². The van der Waals surface area contributed by atoms with Crippen molar-refractivity contribution in [3.8, 4) is 5.75 Å². The van der Waals surface area contributed by atoms with Gasteiger partial charge < -0.3 is 10.4 Å². The lowest BCUT2D eigenvalue weighted by Crippen LogP contribution is -2.31. The van der Waals surface area contributed by atoms with Crippen molar-refractivity contribution in [1.82, 2.24) is 10.7 Å². The molecule has 0 aliphatic carbocycles. The SMILES string of the molecule is CCNC(=S)NN=Cc1cc(Br)cc(Br)c1O. The number of nitrogens with one attached hydrogen (secondary N) is 2. The molecule has 1 rings (SSSR count). The zero-order chi connectivity index (χ0) is 12.8. The second-order valence-corrected chi connectivity index (χ2v) is 5.23. The summed E-state index contributed by atoms with van der Waals surface area (Å²) >= 11 is 11.5. The lowest BCUT2D eigenvalue weighted by molar-refractivity contribution is 0.471. The number of hydrazone groups is 1. The van der Waals surface area contributed by atoms with Crippen molar-refractivity contribution in [1.29, 1.82) is 0 Å².